The van der Waals surface area contributed by atoms with Gasteiger partial charge in [-0.15, -0.1) is 0 Å². The van der Waals surface area contributed by atoms with E-state index in [0.29, 0.717) is 11.9 Å². The van der Waals surface area contributed by atoms with Crippen LogP contribution in [0.4, 0.5) is 5.82 Å². The fourth-order valence-electron chi connectivity index (χ4n) is 2.99. The van der Waals surface area contributed by atoms with Crippen LogP contribution in [0.2, 0.25) is 0 Å². The normalized spacial score (nSPS) is 18.5. The van der Waals surface area contributed by atoms with Crippen molar-refractivity contribution >= 4 is 39.4 Å². The van der Waals surface area contributed by atoms with Gasteiger partial charge in [0.05, 0.1) is 11.4 Å². The van der Waals surface area contributed by atoms with Crippen LogP contribution >= 0.6 is 22.6 Å². The number of anilines is 1. The van der Waals surface area contributed by atoms with E-state index in [4.69, 9.17) is 5.73 Å². The molecule has 1 aliphatic rings. The molecule has 21 heavy (non-hydrogen) atoms. The smallest absolute Gasteiger partial charge is 0.164 e. The molecule has 1 saturated heterocycles. The van der Waals surface area contributed by atoms with Gasteiger partial charge in [-0.2, -0.15) is 5.10 Å². The number of rotatable bonds is 1. The molecule has 0 amide bonds. The topological polar surface area (TPSA) is 72.9 Å². The summed E-state index contributed by atoms with van der Waals surface area (Å²) < 4.78 is 2.94. The second kappa shape index (κ2) is 5.35. The molecule has 0 bridgehead atoms. The van der Waals surface area contributed by atoms with Crippen LogP contribution < -0.4 is 5.73 Å². The van der Waals surface area contributed by atoms with Crippen LogP contribution in [-0.2, 0) is 0 Å². The maximum atomic E-state index is 5.96. The SMILES string of the molecule is CC(C)(C)N1CCC(n2nc(I)c3c(N)ncnc32)CC1. The Kier molecular flexibility index (Phi) is 3.81. The van der Waals surface area contributed by atoms with Crippen molar-refractivity contribution in [3.8, 4) is 0 Å². The van der Waals surface area contributed by atoms with E-state index < -0.39 is 0 Å². The molecule has 3 heterocycles. The molecule has 7 heteroatoms. The van der Waals surface area contributed by atoms with Crippen molar-refractivity contribution in [3.05, 3.63) is 10.0 Å². The summed E-state index contributed by atoms with van der Waals surface area (Å²) in [6.07, 6.45) is 3.71. The number of nitrogens with zero attached hydrogens (tertiary/aromatic N) is 5. The molecule has 0 aromatic carbocycles. The number of aromatic nitrogens is 4. The number of nitrogen functional groups attached to an aromatic ring is 1. The van der Waals surface area contributed by atoms with Gasteiger partial charge in [-0.3, -0.25) is 4.90 Å². The molecule has 1 aliphatic heterocycles. The number of hydrogen-bond donors (Lipinski definition) is 1. The lowest BCUT2D eigenvalue weighted by atomic mass is 9.98. The number of nitrogens with two attached hydrogens (primary N) is 1. The van der Waals surface area contributed by atoms with Crippen LogP contribution in [0, 0.1) is 3.70 Å². The molecule has 0 unspecified atom stereocenters. The zero-order valence-electron chi connectivity index (χ0n) is 12.7. The van der Waals surface area contributed by atoms with E-state index in [0.717, 1.165) is 40.7 Å². The first-order chi connectivity index (χ1) is 9.88. The predicted molar refractivity (Wildman–Crippen MR) is 92.0 cm³/mol. The average molecular weight is 400 g/mol. The summed E-state index contributed by atoms with van der Waals surface area (Å²) in [4.78, 5) is 11.0. The second-order valence-electron chi connectivity index (χ2n) is 6.58. The summed E-state index contributed by atoms with van der Waals surface area (Å²) in [5.41, 5.74) is 7.06. The zero-order chi connectivity index (χ0) is 15.2. The number of piperidine rings is 1. The third-order valence-electron chi connectivity index (χ3n) is 4.23. The molecule has 0 atom stereocenters. The van der Waals surface area contributed by atoms with Gasteiger partial charge in [0.25, 0.3) is 0 Å². The summed E-state index contributed by atoms with van der Waals surface area (Å²) in [5.74, 6) is 0.516. The Morgan fingerprint density at radius 1 is 1.24 bits per heavy atom. The van der Waals surface area contributed by atoms with E-state index in [2.05, 4.69) is 68.0 Å². The Labute approximate surface area is 138 Å². The molecule has 0 saturated carbocycles. The van der Waals surface area contributed by atoms with Crippen LogP contribution in [0.5, 0.6) is 0 Å². The fourth-order valence-corrected chi connectivity index (χ4v) is 3.74. The maximum absolute atomic E-state index is 5.96. The van der Waals surface area contributed by atoms with Crippen LogP contribution in [0.15, 0.2) is 6.33 Å². The van der Waals surface area contributed by atoms with Crippen LogP contribution in [0.25, 0.3) is 11.0 Å². The molecule has 0 radical (unpaired) electrons. The lowest BCUT2D eigenvalue weighted by molar-refractivity contribution is 0.0878. The Morgan fingerprint density at radius 2 is 1.90 bits per heavy atom. The van der Waals surface area contributed by atoms with E-state index >= 15 is 0 Å². The molecular weight excluding hydrogens is 379 g/mol. The Bertz CT molecular complexity index is 651. The van der Waals surface area contributed by atoms with Crippen molar-refractivity contribution in [3.63, 3.8) is 0 Å². The van der Waals surface area contributed by atoms with Gasteiger partial charge in [0, 0.05) is 18.6 Å². The summed E-state index contributed by atoms with van der Waals surface area (Å²) in [6.45, 7) is 8.99. The monoisotopic (exact) mass is 400 g/mol. The molecule has 6 nitrogen and oxygen atoms in total. The Morgan fingerprint density at radius 3 is 2.52 bits per heavy atom. The van der Waals surface area contributed by atoms with Gasteiger partial charge in [0.15, 0.2) is 5.65 Å². The second-order valence-corrected chi connectivity index (χ2v) is 7.60. The van der Waals surface area contributed by atoms with Gasteiger partial charge in [-0.1, -0.05) is 0 Å². The standard InChI is InChI=1S/C14H21IN6/c1-14(2,3)20-6-4-9(5-7-20)21-13-10(11(15)19-21)12(16)17-8-18-13/h8-9H,4-7H2,1-3H3,(H2,16,17,18). The lowest BCUT2D eigenvalue weighted by Crippen LogP contribution is -2.46. The van der Waals surface area contributed by atoms with Gasteiger partial charge < -0.3 is 5.73 Å². The van der Waals surface area contributed by atoms with E-state index in [9.17, 15) is 0 Å². The fraction of sp³-hybridized carbons (Fsp3) is 0.643. The number of fused-ring (bicyclic) bond motifs is 1. The molecule has 0 aliphatic carbocycles. The van der Waals surface area contributed by atoms with Gasteiger partial charge in [0.1, 0.15) is 15.8 Å². The number of hydrogen-bond acceptors (Lipinski definition) is 5. The van der Waals surface area contributed by atoms with Gasteiger partial charge >= 0.3 is 0 Å². The number of halogens is 1. The first-order valence-corrected chi connectivity index (χ1v) is 8.35. The van der Waals surface area contributed by atoms with Crippen LogP contribution in [0.1, 0.15) is 39.7 Å². The third-order valence-corrected chi connectivity index (χ3v) is 4.99. The van der Waals surface area contributed by atoms with E-state index in [-0.39, 0.29) is 5.54 Å². The molecule has 0 spiro atoms. The first kappa shape index (κ1) is 15.0. The summed E-state index contributed by atoms with van der Waals surface area (Å²) >= 11 is 2.22. The van der Waals surface area contributed by atoms with Crippen LogP contribution in [-0.4, -0.2) is 43.3 Å². The summed E-state index contributed by atoms with van der Waals surface area (Å²) in [5, 5.41) is 5.55. The van der Waals surface area contributed by atoms with E-state index in [1.165, 1.54) is 6.33 Å². The predicted octanol–water partition coefficient (Wildman–Crippen LogP) is 2.45. The van der Waals surface area contributed by atoms with Crippen molar-refractivity contribution in [2.45, 2.75) is 45.2 Å². The van der Waals surface area contributed by atoms with Crippen molar-refractivity contribution in [2.24, 2.45) is 0 Å². The summed E-state index contributed by atoms with van der Waals surface area (Å²) in [7, 11) is 0. The minimum absolute atomic E-state index is 0.234. The molecule has 2 aromatic heterocycles. The zero-order valence-corrected chi connectivity index (χ0v) is 14.8. The van der Waals surface area contributed by atoms with Gasteiger partial charge in [0.2, 0.25) is 0 Å². The molecule has 1 fully saturated rings. The molecular formula is C14H21IN6. The highest BCUT2D eigenvalue weighted by atomic mass is 127. The average Bonchev–Trinajstić information content (AvgIpc) is 2.77. The quantitative estimate of drug-likeness (QED) is 0.745. The highest BCUT2D eigenvalue weighted by Crippen LogP contribution is 2.31. The molecule has 2 aromatic rings. The van der Waals surface area contributed by atoms with Crippen molar-refractivity contribution < 1.29 is 0 Å². The first-order valence-electron chi connectivity index (χ1n) is 7.27. The Hall–Kier alpha value is -0.960. The summed E-state index contributed by atoms with van der Waals surface area (Å²) in [6, 6.07) is 0.393. The molecule has 2 N–H and O–H groups in total. The number of likely N-dealkylation sites (tertiary alicyclic amines) is 1. The molecule has 3 rings (SSSR count). The van der Waals surface area contributed by atoms with Crippen molar-refractivity contribution in [2.75, 3.05) is 18.8 Å². The highest BCUT2D eigenvalue weighted by molar-refractivity contribution is 14.1. The van der Waals surface area contributed by atoms with Crippen molar-refractivity contribution in [1.82, 2.24) is 24.6 Å². The largest absolute Gasteiger partial charge is 0.383 e. The highest BCUT2D eigenvalue weighted by Gasteiger charge is 2.29. The third kappa shape index (κ3) is 2.73. The lowest BCUT2D eigenvalue weighted by Gasteiger charge is -2.40. The van der Waals surface area contributed by atoms with E-state index in [1.54, 1.807) is 0 Å². The van der Waals surface area contributed by atoms with Gasteiger partial charge in [-0.05, 0) is 56.2 Å². The Balaban J connectivity index is 1.88. The maximum Gasteiger partial charge on any atom is 0.164 e. The van der Waals surface area contributed by atoms with Gasteiger partial charge in [-0.25, -0.2) is 14.6 Å². The minimum Gasteiger partial charge on any atom is -0.383 e. The molecule has 114 valence electrons. The van der Waals surface area contributed by atoms with E-state index in [1.807, 2.05) is 0 Å². The van der Waals surface area contributed by atoms with Crippen molar-refractivity contribution in [1.29, 1.82) is 0 Å². The minimum atomic E-state index is 0.234. The van der Waals surface area contributed by atoms with Crippen LogP contribution in [0.3, 0.4) is 0 Å².